The Morgan fingerprint density at radius 1 is 1.34 bits per heavy atom. The number of fused-ring (bicyclic) bond motifs is 3. The number of nitrogens with one attached hydrogen (secondary N) is 1. The summed E-state index contributed by atoms with van der Waals surface area (Å²) in [5.41, 5.74) is -1.17. The van der Waals surface area contributed by atoms with Crippen LogP contribution in [0.2, 0.25) is 0 Å². The fourth-order valence-corrected chi connectivity index (χ4v) is 3.92. The Hall–Kier alpha value is -3.54. The normalized spacial score (nSPS) is 21.1. The number of nitriles is 1. The number of Topliss-reactive ketones (excluding diaryl/α,β-unsaturated/α-hetero) is 1. The van der Waals surface area contributed by atoms with Gasteiger partial charge in [-0.15, -0.1) is 0 Å². The third-order valence-electron chi connectivity index (χ3n) is 5.25. The lowest BCUT2D eigenvalue weighted by Gasteiger charge is -2.47. The topological polar surface area (TPSA) is 132 Å². The second-order valence-corrected chi connectivity index (χ2v) is 6.90. The maximum absolute atomic E-state index is 13.2. The van der Waals surface area contributed by atoms with Crippen LogP contribution >= 0.6 is 0 Å². The van der Waals surface area contributed by atoms with Gasteiger partial charge < -0.3 is 15.0 Å². The average molecular weight is 396 g/mol. The third-order valence-corrected chi connectivity index (χ3v) is 5.25. The summed E-state index contributed by atoms with van der Waals surface area (Å²) >= 11 is 0. The maximum Gasteiger partial charge on any atom is 0.354 e. The van der Waals surface area contributed by atoms with Crippen molar-refractivity contribution in [3.63, 3.8) is 0 Å². The Balaban J connectivity index is 1.97. The molecule has 29 heavy (non-hydrogen) atoms. The molecule has 0 spiro atoms. The smallest absolute Gasteiger partial charge is 0.354 e. The van der Waals surface area contributed by atoms with Gasteiger partial charge in [0.1, 0.15) is 5.92 Å². The molecule has 2 aliphatic rings. The molecule has 2 heterocycles. The van der Waals surface area contributed by atoms with Crippen molar-refractivity contribution in [1.29, 1.82) is 10.7 Å². The Bertz CT molecular complexity index is 966. The van der Waals surface area contributed by atoms with E-state index in [1.165, 1.54) is 16.7 Å². The van der Waals surface area contributed by atoms with Gasteiger partial charge in [0.05, 0.1) is 17.3 Å². The van der Waals surface area contributed by atoms with Crippen LogP contribution in [0, 0.1) is 22.7 Å². The monoisotopic (exact) mass is 396 g/mol. The van der Waals surface area contributed by atoms with Crippen LogP contribution in [-0.2, 0) is 19.1 Å². The molecule has 9 heteroatoms. The summed E-state index contributed by atoms with van der Waals surface area (Å²) in [7, 11) is 0. The second-order valence-electron chi connectivity index (χ2n) is 6.90. The number of rotatable bonds is 6. The lowest BCUT2D eigenvalue weighted by atomic mass is 9.96. The van der Waals surface area contributed by atoms with Crippen LogP contribution in [0.25, 0.3) is 0 Å². The highest BCUT2D eigenvalue weighted by Gasteiger charge is 2.61. The zero-order chi connectivity index (χ0) is 21.3. The number of ether oxygens (including phenoxy) is 1. The van der Waals surface area contributed by atoms with Crippen LogP contribution in [0.4, 0.5) is 5.69 Å². The molecule has 1 N–H and O–H groups in total. The van der Waals surface area contributed by atoms with Crippen molar-refractivity contribution < 1.29 is 23.9 Å². The van der Waals surface area contributed by atoms with Crippen LogP contribution in [-0.4, -0.2) is 53.0 Å². The second kappa shape index (κ2) is 7.47. The number of hydrogen-bond donors (Lipinski definition) is 1. The summed E-state index contributed by atoms with van der Waals surface area (Å²) in [5, 5.41) is 16.5. The molecule has 1 aromatic rings. The zero-order valence-electron chi connectivity index (χ0n) is 16.1. The Labute approximate surface area is 167 Å². The minimum Gasteiger partial charge on any atom is -0.454 e. The first-order valence-corrected chi connectivity index (χ1v) is 9.18. The Kier molecular flexibility index (Phi) is 5.20. The van der Waals surface area contributed by atoms with Crippen molar-refractivity contribution in [2.45, 2.75) is 32.4 Å². The summed E-state index contributed by atoms with van der Waals surface area (Å²) in [4.78, 5) is 53.6. The molecule has 2 atom stereocenters. The number of ketones is 1. The molecule has 0 saturated carbocycles. The maximum atomic E-state index is 13.2. The molecule has 1 fully saturated rings. The van der Waals surface area contributed by atoms with Crippen molar-refractivity contribution in [1.82, 2.24) is 4.90 Å². The molecule has 1 aromatic carbocycles. The number of para-hydroxylation sites is 1. The number of amides is 2. The third kappa shape index (κ3) is 2.97. The van der Waals surface area contributed by atoms with Gasteiger partial charge >= 0.3 is 5.97 Å². The lowest BCUT2D eigenvalue weighted by Crippen LogP contribution is -2.68. The predicted octanol–water partition coefficient (Wildman–Crippen LogP) is 1.28. The van der Waals surface area contributed by atoms with E-state index in [9.17, 15) is 19.2 Å². The van der Waals surface area contributed by atoms with E-state index in [1.807, 2.05) is 0 Å². The van der Waals surface area contributed by atoms with E-state index < -0.39 is 35.8 Å². The van der Waals surface area contributed by atoms with Gasteiger partial charge in [0, 0.05) is 25.1 Å². The molecule has 2 amide bonds. The van der Waals surface area contributed by atoms with Gasteiger partial charge in [-0.3, -0.25) is 19.3 Å². The largest absolute Gasteiger partial charge is 0.454 e. The summed E-state index contributed by atoms with van der Waals surface area (Å²) < 4.78 is 5.20. The lowest BCUT2D eigenvalue weighted by molar-refractivity contribution is -0.159. The van der Waals surface area contributed by atoms with E-state index in [-0.39, 0.29) is 31.0 Å². The van der Waals surface area contributed by atoms with Crippen LogP contribution < -0.4 is 4.90 Å². The fraction of sp³-hybridized carbons (Fsp3) is 0.400. The zero-order valence-corrected chi connectivity index (χ0v) is 16.1. The molecular weight excluding hydrogens is 376 g/mol. The van der Waals surface area contributed by atoms with Crippen LogP contribution in [0.15, 0.2) is 24.3 Å². The Morgan fingerprint density at radius 3 is 2.66 bits per heavy atom. The van der Waals surface area contributed by atoms with Crippen molar-refractivity contribution in [2.75, 3.05) is 18.1 Å². The van der Waals surface area contributed by atoms with Gasteiger partial charge in [0.15, 0.2) is 12.4 Å². The molecule has 0 radical (unpaired) electrons. The standard InChI is InChI=1S/C20H20N4O5/c1-3-23-18(27)13-6-4-5-7-15(13)24-17(26)8-9-20(23,24)19(28)29-11-16(25)14(10-21)12(2)22/h4-7,14,22H,3,8-9,11H2,1-2H3/t14-,20-/m0/s1. The number of likely N-dealkylation sites (N-methyl/N-ethyl adjacent to an activating group) is 1. The van der Waals surface area contributed by atoms with Crippen LogP contribution in [0.1, 0.15) is 37.0 Å². The SMILES string of the molecule is CCN1C(=O)c2ccccc2N2C(=O)CC[C@]12C(=O)OCC(=O)[C@@H](C#N)C(C)=N. The molecule has 0 aromatic heterocycles. The molecule has 0 bridgehead atoms. The number of anilines is 1. The van der Waals surface area contributed by atoms with Gasteiger partial charge in [-0.25, -0.2) is 4.79 Å². The highest BCUT2D eigenvalue weighted by atomic mass is 16.5. The number of nitrogens with zero attached hydrogens (tertiary/aromatic N) is 3. The van der Waals surface area contributed by atoms with E-state index in [0.29, 0.717) is 11.3 Å². The fourth-order valence-electron chi connectivity index (χ4n) is 3.92. The quantitative estimate of drug-likeness (QED) is 0.569. The molecule has 2 aliphatic heterocycles. The number of hydrogen-bond acceptors (Lipinski definition) is 7. The summed E-state index contributed by atoms with van der Waals surface area (Å²) in [6.45, 7) is 2.45. The highest BCUT2D eigenvalue weighted by Crippen LogP contribution is 2.44. The van der Waals surface area contributed by atoms with Gasteiger partial charge in [0.2, 0.25) is 11.6 Å². The molecule has 3 rings (SSSR count). The number of carbonyl (C=O) groups is 4. The summed E-state index contributed by atoms with van der Waals surface area (Å²) in [6, 6.07) is 8.24. The van der Waals surface area contributed by atoms with Crippen molar-refractivity contribution in [3.05, 3.63) is 29.8 Å². The van der Waals surface area contributed by atoms with Crippen molar-refractivity contribution in [3.8, 4) is 6.07 Å². The average Bonchev–Trinajstić information content (AvgIpc) is 3.05. The summed E-state index contributed by atoms with van der Waals surface area (Å²) in [5.74, 6) is -3.66. The highest BCUT2D eigenvalue weighted by molar-refractivity contribution is 6.15. The first-order chi connectivity index (χ1) is 13.8. The first kappa shape index (κ1) is 20.2. The minimum absolute atomic E-state index is 0.0397. The molecule has 1 saturated heterocycles. The van der Waals surface area contributed by atoms with Gasteiger partial charge in [0.25, 0.3) is 5.91 Å². The molecule has 0 unspecified atom stereocenters. The van der Waals surface area contributed by atoms with Gasteiger partial charge in [-0.2, -0.15) is 5.26 Å². The van der Waals surface area contributed by atoms with E-state index in [0.717, 1.165) is 0 Å². The van der Waals surface area contributed by atoms with Crippen LogP contribution in [0.3, 0.4) is 0 Å². The van der Waals surface area contributed by atoms with E-state index >= 15 is 0 Å². The molecule has 9 nitrogen and oxygen atoms in total. The molecular formula is C20H20N4O5. The molecule has 0 aliphatic carbocycles. The predicted molar refractivity (Wildman–Crippen MR) is 101 cm³/mol. The number of benzene rings is 1. The minimum atomic E-state index is -1.67. The first-order valence-electron chi connectivity index (χ1n) is 9.18. The van der Waals surface area contributed by atoms with E-state index in [4.69, 9.17) is 15.4 Å². The number of esters is 1. The van der Waals surface area contributed by atoms with Crippen molar-refractivity contribution in [2.24, 2.45) is 5.92 Å². The van der Waals surface area contributed by atoms with Crippen molar-refractivity contribution >= 4 is 35.0 Å². The van der Waals surface area contributed by atoms with Gasteiger partial charge in [-0.05, 0) is 26.0 Å². The van der Waals surface area contributed by atoms with E-state index in [1.54, 1.807) is 37.3 Å². The number of carbonyl (C=O) groups excluding carboxylic acids is 4. The van der Waals surface area contributed by atoms with Crippen LogP contribution in [0.5, 0.6) is 0 Å². The Morgan fingerprint density at radius 2 is 2.03 bits per heavy atom. The molecule has 150 valence electrons. The van der Waals surface area contributed by atoms with Gasteiger partial charge in [-0.1, -0.05) is 12.1 Å². The summed E-state index contributed by atoms with van der Waals surface area (Å²) in [6.07, 6.45) is 0.0830. The van der Waals surface area contributed by atoms with E-state index in [2.05, 4.69) is 0 Å².